The average molecular weight is 208 g/mol. The summed E-state index contributed by atoms with van der Waals surface area (Å²) in [6.07, 6.45) is 0. The van der Waals surface area contributed by atoms with Crippen molar-refractivity contribution in [3.05, 3.63) is 35.4 Å². The molecule has 1 unspecified atom stereocenters. The Labute approximate surface area is 93.5 Å². The highest BCUT2D eigenvalue weighted by molar-refractivity contribution is 5.24. The molecule has 0 saturated heterocycles. The largest absolute Gasteiger partial charge is 0.335 e. The Hall–Kier alpha value is -0.860. The fourth-order valence-electron chi connectivity index (χ4n) is 1.69. The topological polar surface area (TPSA) is 8.88 Å². The minimum atomic E-state index is 1.14. The van der Waals surface area contributed by atoms with Crippen molar-refractivity contribution in [2.24, 2.45) is 0 Å². The standard InChI is InChI=1S/C13H22N2/c1-12-7-5-6-8-13(12)11-15(4)10-9-14(2)3/h5-8H,9-11H2,1-4H3/p+2. The van der Waals surface area contributed by atoms with Crippen LogP contribution in [-0.2, 0) is 6.54 Å². The van der Waals surface area contributed by atoms with E-state index in [2.05, 4.69) is 52.3 Å². The molecule has 2 N–H and O–H groups in total. The number of likely N-dealkylation sites (N-methyl/N-ethyl adjacent to an activating group) is 2. The normalized spacial score (nSPS) is 13.1. The molecular weight excluding hydrogens is 184 g/mol. The Morgan fingerprint density at radius 1 is 1.00 bits per heavy atom. The van der Waals surface area contributed by atoms with Crippen LogP contribution in [0.25, 0.3) is 0 Å². The van der Waals surface area contributed by atoms with Crippen molar-refractivity contribution in [1.29, 1.82) is 0 Å². The van der Waals surface area contributed by atoms with E-state index in [9.17, 15) is 0 Å². The predicted octanol–water partition coefficient (Wildman–Crippen LogP) is -0.846. The van der Waals surface area contributed by atoms with Crippen molar-refractivity contribution in [2.45, 2.75) is 13.5 Å². The molecule has 15 heavy (non-hydrogen) atoms. The molecule has 2 nitrogen and oxygen atoms in total. The molecule has 0 amide bonds. The highest BCUT2D eigenvalue weighted by Crippen LogP contribution is 2.04. The molecule has 0 bridgehead atoms. The molecule has 1 atom stereocenters. The van der Waals surface area contributed by atoms with E-state index >= 15 is 0 Å². The average Bonchev–Trinajstić information content (AvgIpc) is 2.18. The first kappa shape index (κ1) is 12.2. The van der Waals surface area contributed by atoms with Gasteiger partial charge in [0.25, 0.3) is 0 Å². The highest BCUT2D eigenvalue weighted by atomic mass is 15.1. The van der Waals surface area contributed by atoms with Gasteiger partial charge in [0.15, 0.2) is 0 Å². The maximum absolute atomic E-state index is 2.27. The van der Waals surface area contributed by atoms with Crippen LogP contribution in [0.2, 0.25) is 0 Å². The van der Waals surface area contributed by atoms with Gasteiger partial charge in [-0.3, -0.25) is 0 Å². The molecule has 1 aromatic carbocycles. The molecule has 0 aliphatic carbocycles. The zero-order valence-electron chi connectivity index (χ0n) is 10.4. The lowest BCUT2D eigenvalue weighted by atomic mass is 10.1. The fourth-order valence-corrected chi connectivity index (χ4v) is 1.69. The third-order valence-electron chi connectivity index (χ3n) is 2.81. The van der Waals surface area contributed by atoms with Gasteiger partial charge >= 0.3 is 0 Å². The lowest BCUT2D eigenvalue weighted by Gasteiger charge is -2.16. The number of aryl methyl sites for hydroxylation is 1. The zero-order valence-corrected chi connectivity index (χ0v) is 10.4. The Balaban J connectivity index is 2.44. The summed E-state index contributed by atoms with van der Waals surface area (Å²) < 4.78 is 0. The monoisotopic (exact) mass is 208 g/mol. The van der Waals surface area contributed by atoms with Crippen molar-refractivity contribution in [2.75, 3.05) is 34.2 Å². The molecular formula is C13H24N2+2. The summed E-state index contributed by atoms with van der Waals surface area (Å²) in [4.78, 5) is 3.12. The van der Waals surface area contributed by atoms with Gasteiger partial charge in [0.05, 0.1) is 21.1 Å². The number of quaternary nitrogens is 2. The first-order valence-electron chi connectivity index (χ1n) is 5.74. The minimum absolute atomic E-state index is 1.14. The van der Waals surface area contributed by atoms with Crippen LogP contribution in [0.15, 0.2) is 24.3 Å². The lowest BCUT2D eigenvalue weighted by Crippen LogP contribution is -3.15. The maximum Gasteiger partial charge on any atom is 0.127 e. The second-order valence-electron chi connectivity index (χ2n) is 4.77. The first-order chi connectivity index (χ1) is 7.09. The quantitative estimate of drug-likeness (QED) is 0.624. The Morgan fingerprint density at radius 3 is 2.27 bits per heavy atom. The number of hydrogen-bond donors (Lipinski definition) is 2. The number of benzene rings is 1. The lowest BCUT2D eigenvalue weighted by molar-refractivity contribution is -0.937. The van der Waals surface area contributed by atoms with Crippen LogP contribution in [0, 0.1) is 6.92 Å². The van der Waals surface area contributed by atoms with Gasteiger partial charge in [0, 0.05) is 5.56 Å². The van der Waals surface area contributed by atoms with Crippen LogP contribution in [0.1, 0.15) is 11.1 Å². The van der Waals surface area contributed by atoms with Crippen LogP contribution in [0.3, 0.4) is 0 Å². The second kappa shape index (κ2) is 5.89. The first-order valence-corrected chi connectivity index (χ1v) is 5.74. The molecule has 0 aliphatic heterocycles. The van der Waals surface area contributed by atoms with E-state index in [0.29, 0.717) is 0 Å². The van der Waals surface area contributed by atoms with Crippen molar-refractivity contribution in [3.63, 3.8) is 0 Å². The SMILES string of the molecule is Cc1ccccc1C[NH+](C)CC[NH+](C)C. The third-order valence-corrected chi connectivity index (χ3v) is 2.81. The molecule has 0 spiro atoms. The van der Waals surface area contributed by atoms with Crippen molar-refractivity contribution in [3.8, 4) is 0 Å². The van der Waals surface area contributed by atoms with Gasteiger partial charge in [-0.25, -0.2) is 0 Å². The van der Waals surface area contributed by atoms with Gasteiger partial charge in [0.2, 0.25) is 0 Å². The van der Waals surface area contributed by atoms with Gasteiger partial charge in [-0.1, -0.05) is 24.3 Å². The van der Waals surface area contributed by atoms with E-state index in [-0.39, 0.29) is 0 Å². The third kappa shape index (κ3) is 4.45. The minimum Gasteiger partial charge on any atom is -0.335 e. The van der Waals surface area contributed by atoms with Crippen LogP contribution in [-0.4, -0.2) is 34.2 Å². The van der Waals surface area contributed by atoms with E-state index in [4.69, 9.17) is 0 Å². The summed E-state index contributed by atoms with van der Waals surface area (Å²) >= 11 is 0. The molecule has 0 heterocycles. The van der Waals surface area contributed by atoms with Gasteiger partial charge < -0.3 is 9.80 Å². The molecule has 2 heteroatoms. The molecule has 0 aliphatic rings. The summed E-state index contributed by atoms with van der Waals surface area (Å²) in [5, 5.41) is 0. The molecule has 0 saturated carbocycles. The maximum atomic E-state index is 2.27. The predicted molar refractivity (Wildman–Crippen MR) is 64.3 cm³/mol. The highest BCUT2D eigenvalue weighted by Gasteiger charge is 2.06. The summed E-state index contributed by atoms with van der Waals surface area (Å²) in [6, 6.07) is 8.67. The van der Waals surface area contributed by atoms with E-state index < -0.39 is 0 Å². The molecule has 0 fully saturated rings. The molecule has 0 radical (unpaired) electrons. The second-order valence-corrected chi connectivity index (χ2v) is 4.77. The smallest absolute Gasteiger partial charge is 0.127 e. The van der Waals surface area contributed by atoms with Gasteiger partial charge in [-0.2, -0.15) is 0 Å². The van der Waals surface area contributed by atoms with Gasteiger partial charge in [-0.05, 0) is 12.5 Å². The summed E-state index contributed by atoms with van der Waals surface area (Å²) in [7, 11) is 6.69. The van der Waals surface area contributed by atoms with Crippen LogP contribution >= 0.6 is 0 Å². The summed E-state index contributed by atoms with van der Waals surface area (Å²) in [5.74, 6) is 0. The fraction of sp³-hybridized carbons (Fsp3) is 0.538. The molecule has 1 rings (SSSR count). The molecule has 1 aromatic rings. The molecule has 0 aromatic heterocycles. The number of nitrogens with one attached hydrogen (secondary N) is 2. The van der Waals surface area contributed by atoms with Crippen LogP contribution in [0.5, 0.6) is 0 Å². The van der Waals surface area contributed by atoms with Gasteiger partial charge in [0.1, 0.15) is 19.6 Å². The van der Waals surface area contributed by atoms with Crippen LogP contribution < -0.4 is 9.80 Å². The van der Waals surface area contributed by atoms with E-state index in [1.165, 1.54) is 29.1 Å². The Morgan fingerprint density at radius 2 is 1.67 bits per heavy atom. The van der Waals surface area contributed by atoms with E-state index in [0.717, 1.165) is 6.54 Å². The Bertz CT molecular complexity index is 294. The van der Waals surface area contributed by atoms with Crippen molar-refractivity contribution < 1.29 is 9.80 Å². The van der Waals surface area contributed by atoms with Gasteiger partial charge in [-0.15, -0.1) is 0 Å². The van der Waals surface area contributed by atoms with Crippen LogP contribution in [0.4, 0.5) is 0 Å². The van der Waals surface area contributed by atoms with E-state index in [1.807, 2.05) is 0 Å². The summed E-state index contributed by atoms with van der Waals surface area (Å²) in [6.45, 7) is 5.80. The zero-order chi connectivity index (χ0) is 11.3. The van der Waals surface area contributed by atoms with E-state index in [1.54, 1.807) is 4.90 Å². The Kier molecular flexibility index (Phi) is 4.79. The van der Waals surface area contributed by atoms with Crippen molar-refractivity contribution in [1.82, 2.24) is 0 Å². The molecule has 84 valence electrons. The number of hydrogen-bond acceptors (Lipinski definition) is 0. The van der Waals surface area contributed by atoms with Crippen molar-refractivity contribution >= 4 is 0 Å². The summed E-state index contributed by atoms with van der Waals surface area (Å²) in [5.41, 5.74) is 2.89. The number of rotatable bonds is 5.